The van der Waals surface area contributed by atoms with Crippen molar-refractivity contribution in [2.45, 2.75) is 13.8 Å². The Morgan fingerprint density at radius 1 is 0.800 bits per heavy atom. The summed E-state index contributed by atoms with van der Waals surface area (Å²) in [4.78, 5) is 0. The topological polar surface area (TPSA) is 49.7 Å². The van der Waals surface area contributed by atoms with Crippen LogP contribution < -0.4 is 0 Å². The van der Waals surface area contributed by atoms with E-state index in [-0.39, 0.29) is 13.2 Å². The van der Waals surface area contributed by atoms with Crippen LogP contribution in [0.4, 0.5) is 0 Å². The van der Waals surface area contributed by atoms with Gasteiger partial charge in [0.05, 0.1) is 25.7 Å². The molecule has 0 spiro atoms. The van der Waals surface area contributed by atoms with Crippen LogP contribution in [0.1, 0.15) is 13.8 Å². The summed E-state index contributed by atoms with van der Waals surface area (Å²) in [5.74, 6) is 0. The van der Waals surface area contributed by atoms with E-state index >= 15 is 0 Å². The molecule has 0 aromatic heterocycles. The molecule has 86 valence electrons. The minimum absolute atomic E-state index is 0.125. The number of rotatable bonds is 5. The Kier molecular flexibility index (Phi) is 19.8. The highest BCUT2D eigenvalue weighted by Crippen LogP contribution is 1.83. The standard InChI is InChI=1S/C10H14O.C2H6O2/c1-3-5-7-9-11-10-8-6-4-2;3-1-2-4/h3-10H,1-2H3;3-4H,1-2H2. The molecule has 0 atom stereocenters. The maximum atomic E-state index is 7.62. The van der Waals surface area contributed by atoms with Gasteiger partial charge in [-0.2, -0.15) is 0 Å². The minimum atomic E-state index is -0.125. The van der Waals surface area contributed by atoms with Crippen LogP contribution in [0.5, 0.6) is 0 Å². The zero-order valence-corrected chi connectivity index (χ0v) is 9.34. The number of ether oxygens (including phenoxy) is 1. The minimum Gasteiger partial charge on any atom is -0.473 e. The molecular formula is C12H20O3. The highest BCUT2D eigenvalue weighted by molar-refractivity contribution is 5.01. The first-order valence-corrected chi connectivity index (χ1v) is 4.76. The third-order valence-electron chi connectivity index (χ3n) is 1.02. The SMILES string of the molecule is CC=CC=COC=CC=CC.OCCO. The van der Waals surface area contributed by atoms with E-state index in [4.69, 9.17) is 14.9 Å². The molecule has 2 N–H and O–H groups in total. The van der Waals surface area contributed by atoms with Crippen LogP contribution in [0.25, 0.3) is 0 Å². The number of allylic oxidation sites excluding steroid dienone is 6. The van der Waals surface area contributed by atoms with Crippen molar-refractivity contribution in [3.63, 3.8) is 0 Å². The largest absolute Gasteiger partial charge is 0.473 e. The third-order valence-corrected chi connectivity index (χ3v) is 1.02. The number of hydrogen-bond donors (Lipinski definition) is 2. The van der Waals surface area contributed by atoms with Gasteiger partial charge in [-0.05, 0) is 26.0 Å². The van der Waals surface area contributed by atoms with Gasteiger partial charge in [0.1, 0.15) is 0 Å². The molecule has 0 aliphatic carbocycles. The molecule has 0 heterocycles. The van der Waals surface area contributed by atoms with E-state index in [9.17, 15) is 0 Å². The Hall–Kier alpha value is -1.32. The molecule has 0 amide bonds. The van der Waals surface area contributed by atoms with Crippen LogP contribution in [0, 0.1) is 0 Å². The molecule has 0 saturated heterocycles. The maximum absolute atomic E-state index is 7.62. The van der Waals surface area contributed by atoms with E-state index in [0.717, 1.165) is 0 Å². The zero-order valence-electron chi connectivity index (χ0n) is 9.34. The average Bonchev–Trinajstić information content (AvgIpc) is 2.28. The summed E-state index contributed by atoms with van der Waals surface area (Å²) in [5, 5.41) is 15.2. The molecule has 3 heteroatoms. The lowest BCUT2D eigenvalue weighted by Crippen LogP contribution is -1.85. The molecule has 0 aromatic carbocycles. The van der Waals surface area contributed by atoms with Gasteiger partial charge in [0, 0.05) is 0 Å². The van der Waals surface area contributed by atoms with Crippen LogP contribution in [-0.2, 0) is 4.74 Å². The molecule has 0 rings (SSSR count). The normalized spacial score (nSPS) is 11.5. The van der Waals surface area contributed by atoms with Gasteiger partial charge in [-0.25, -0.2) is 0 Å². The molecule has 0 radical (unpaired) electrons. The van der Waals surface area contributed by atoms with E-state index < -0.39 is 0 Å². The van der Waals surface area contributed by atoms with E-state index in [0.29, 0.717) is 0 Å². The zero-order chi connectivity index (χ0) is 11.8. The van der Waals surface area contributed by atoms with Crippen molar-refractivity contribution >= 4 is 0 Å². The van der Waals surface area contributed by atoms with E-state index in [1.54, 1.807) is 12.5 Å². The van der Waals surface area contributed by atoms with E-state index in [1.807, 2.05) is 50.3 Å². The van der Waals surface area contributed by atoms with Crippen LogP contribution in [-0.4, -0.2) is 23.4 Å². The molecule has 3 nitrogen and oxygen atoms in total. The van der Waals surface area contributed by atoms with Gasteiger partial charge in [0.15, 0.2) is 0 Å². The summed E-state index contributed by atoms with van der Waals surface area (Å²) < 4.78 is 4.97. The van der Waals surface area contributed by atoms with Gasteiger partial charge >= 0.3 is 0 Å². The first kappa shape index (κ1) is 16.1. The summed E-state index contributed by atoms with van der Waals surface area (Å²) >= 11 is 0. The Labute approximate surface area is 91.7 Å². The fraction of sp³-hybridized carbons (Fsp3) is 0.333. The molecule has 15 heavy (non-hydrogen) atoms. The molecule has 0 bridgehead atoms. The fourth-order valence-corrected chi connectivity index (χ4v) is 0.449. The van der Waals surface area contributed by atoms with Crippen LogP contribution >= 0.6 is 0 Å². The van der Waals surface area contributed by atoms with Crippen molar-refractivity contribution in [2.24, 2.45) is 0 Å². The van der Waals surface area contributed by atoms with Crippen molar-refractivity contribution in [2.75, 3.05) is 13.2 Å². The van der Waals surface area contributed by atoms with Crippen molar-refractivity contribution in [1.29, 1.82) is 0 Å². The Bertz CT molecular complexity index is 181. The Balaban J connectivity index is 0. The first-order chi connectivity index (χ1) is 7.33. The molecule has 0 aliphatic heterocycles. The third kappa shape index (κ3) is 24.5. The summed E-state index contributed by atoms with van der Waals surface area (Å²) in [6.45, 7) is 3.67. The average molecular weight is 212 g/mol. The second kappa shape index (κ2) is 18.5. The predicted molar refractivity (Wildman–Crippen MR) is 63.2 cm³/mol. The van der Waals surface area contributed by atoms with Crippen LogP contribution in [0.2, 0.25) is 0 Å². The lowest BCUT2D eigenvalue weighted by atomic mass is 10.5. The lowest BCUT2D eigenvalue weighted by molar-refractivity contribution is 0.186. The molecule has 0 saturated carbocycles. The van der Waals surface area contributed by atoms with E-state index in [2.05, 4.69) is 0 Å². The first-order valence-electron chi connectivity index (χ1n) is 4.76. The summed E-state index contributed by atoms with van der Waals surface area (Å²) in [7, 11) is 0. The summed E-state index contributed by atoms with van der Waals surface area (Å²) in [5.41, 5.74) is 0. The summed E-state index contributed by atoms with van der Waals surface area (Å²) in [6.07, 6.45) is 14.6. The maximum Gasteiger partial charge on any atom is 0.0901 e. The van der Waals surface area contributed by atoms with Gasteiger partial charge in [-0.1, -0.05) is 24.3 Å². The van der Waals surface area contributed by atoms with Crippen LogP contribution in [0.15, 0.2) is 49.0 Å². The number of aliphatic hydroxyl groups excluding tert-OH is 2. The van der Waals surface area contributed by atoms with E-state index in [1.165, 1.54) is 0 Å². The monoisotopic (exact) mass is 212 g/mol. The smallest absolute Gasteiger partial charge is 0.0901 e. The Morgan fingerprint density at radius 2 is 1.20 bits per heavy atom. The predicted octanol–water partition coefficient (Wildman–Crippen LogP) is 2.15. The van der Waals surface area contributed by atoms with Crippen molar-refractivity contribution in [1.82, 2.24) is 0 Å². The van der Waals surface area contributed by atoms with Gasteiger partial charge in [0.2, 0.25) is 0 Å². The molecule has 0 fully saturated rings. The second-order valence-corrected chi connectivity index (χ2v) is 2.29. The van der Waals surface area contributed by atoms with Crippen molar-refractivity contribution in [3.8, 4) is 0 Å². The summed E-state index contributed by atoms with van der Waals surface area (Å²) in [6, 6.07) is 0. The highest BCUT2D eigenvalue weighted by Gasteiger charge is 1.64. The van der Waals surface area contributed by atoms with Crippen molar-refractivity contribution in [3.05, 3.63) is 49.0 Å². The Morgan fingerprint density at radius 3 is 1.47 bits per heavy atom. The highest BCUT2D eigenvalue weighted by atomic mass is 16.5. The van der Waals surface area contributed by atoms with Gasteiger partial charge < -0.3 is 14.9 Å². The molecule has 0 aliphatic rings. The lowest BCUT2D eigenvalue weighted by Gasteiger charge is -1.84. The second-order valence-electron chi connectivity index (χ2n) is 2.29. The van der Waals surface area contributed by atoms with Gasteiger partial charge in [-0.15, -0.1) is 0 Å². The number of hydrogen-bond acceptors (Lipinski definition) is 3. The fourth-order valence-electron chi connectivity index (χ4n) is 0.449. The van der Waals surface area contributed by atoms with Gasteiger partial charge in [0.25, 0.3) is 0 Å². The number of aliphatic hydroxyl groups is 2. The molecule has 0 unspecified atom stereocenters. The van der Waals surface area contributed by atoms with Crippen molar-refractivity contribution < 1.29 is 14.9 Å². The van der Waals surface area contributed by atoms with Gasteiger partial charge in [-0.3, -0.25) is 0 Å². The molecule has 0 aromatic rings. The van der Waals surface area contributed by atoms with Crippen LogP contribution in [0.3, 0.4) is 0 Å². The quantitative estimate of drug-likeness (QED) is 0.542. The molecular weight excluding hydrogens is 192 g/mol.